The number of benzene rings is 2. The smallest absolute Gasteiger partial charge is 0.274 e. The molecule has 0 saturated carbocycles. The number of hydrogen-bond acceptors (Lipinski definition) is 6. The van der Waals surface area contributed by atoms with Gasteiger partial charge in [-0.25, -0.2) is 12.8 Å². The molecule has 1 N–H and O–H groups in total. The molecule has 0 aliphatic carbocycles. The number of halogens is 2. The molecule has 4 rings (SSSR count). The van der Waals surface area contributed by atoms with Gasteiger partial charge in [-0.2, -0.15) is 5.10 Å². The molecule has 1 fully saturated rings. The van der Waals surface area contributed by atoms with Crippen LogP contribution < -0.4 is 5.43 Å². The molecule has 7 nitrogen and oxygen atoms in total. The Bertz CT molecular complexity index is 1240. The zero-order chi connectivity index (χ0) is 22.9. The number of nitrogens with zero attached hydrogens (tertiary/aromatic N) is 2. The molecule has 2 aliphatic heterocycles. The normalized spacial score (nSPS) is 18.3. The van der Waals surface area contributed by atoms with Gasteiger partial charge in [0.25, 0.3) is 5.91 Å². The van der Waals surface area contributed by atoms with E-state index in [0.717, 1.165) is 5.56 Å². The Hall–Kier alpha value is -2.31. The molecule has 1 saturated heterocycles. The average molecular weight is 569 g/mol. The Morgan fingerprint density at radius 2 is 1.91 bits per heavy atom. The van der Waals surface area contributed by atoms with Crippen molar-refractivity contribution in [3.05, 3.63) is 65.0 Å². The first-order chi connectivity index (χ1) is 15.3. The van der Waals surface area contributed by atoms with Gasteiger partial charge in [-0.3, -0.25) is 10.2 Å². The van der Waals surface area contributed by atoms with Crippen molar-refractivity contribution in [2.75, 3.05) is 37.5 Å². The molecule has 32 heavy (non-hydrogen) atoms. The van der Waals surface area contributed by atoms with Crippen LogP contribution in [0.15, 0.2) is 58.0 Å². The highest BCUT2D eigenvalue weighted by atomic mass is 127. The molecule has 0 atom stereocenters. The van der Waals surface area contributed by atoms with Gasteiger partial charge in [0.05, 0.1) is 29.5 Å². The largest absolute Gasteiger partial charge is 0.378 e. The second-order valence-corrected chi connectivity index (χ2v) is 10.5. The monoisotopic (exact) mass is 569 g/mol. The molecule has 2 aromatic carbocycles. The van der Waals surface area contributed by atoms with Crippen LogP contribution in [0, 0.1) is 12.7 Å². The quantitative estimate of drug-likeness (QED) is 0.347. The molecule has 1 amide bonds. The number of sulfone groups is 1. The summed E-state index contributed by atoms with van der Waals surface area (Å²) in [4.78, 5) is 15.3. The van der Waals surface area contributed by atoms with Crippen LogP contribution in [0.4, 0.5) is 10.1 Å². The fourth-order valence-corrected chi connectivity index (χ4v) is 6.54. The van der Waals surface area contributed by atoms with Gasteiger partial charge in [-0.05, 0) is 53.3 Å². The minimum Gasteiger partial charge on any atom is -0.378 e. The van der Waals surface area contributed by atoms with E-state index in [1.165, 1.54) is 12.1 Å². The lowest BCUT2D eigenvalue weighted by Gasteiger charge is -2.29. The van der Waals surface area contributed by atoms with Gasteiger partial charge in [-0.1, -0.05) is 24.3 Å². The highest BCUT2D eigenvalue weighted by Gasteiger charge is 2.35. The van der Waals surface area contributed by atoms with Crippen LogP contribution in [0.3, 0.4) is 0 Å². The lowest BCUT2D eigenvalue weighted by Crippen LogP contribution is -2.45. The molecule has 0 aromatic heterocycles. The molecular weight excluding hydrogens is 548 g/mol. The Morgan fingerprint density at radius 1 is 1.19 bits per heavy atom. The molecule has 168 valence electrons. The zero-order valence-corrected chi connectivity index (χ0v) is 20.2. The third-order valence-corrected chi connectivity index (χ3v) is 8.26. The highest BCUT2D eigenvalue weighted by molar-refractivity contribution is 14.1. The first-order valence-electron chi connectivity index (χ1n) is 9.96. The molecule has 2 heterocycles. The Morgan fingerprint density at radius 3 is 2.66 bits per heavy atom. The molecular formula is C22H21FIN3O4S. The number of amides is 1. The summed E-state index contributed by atoms with van der Waals surface area (Å²) in [6.45, 7) is 3.33. The van der Waals surface area contributed by atoms with Crippen molar-refractivity contribution in [1.29, 1.82) is 0 Å². The number of carbonyl (C=O) groups is 1. The van der Waals surface area contributed by atoms with Crippen molar-refractivity contribution in [2.24, 2.45) is 5.10 Å². The minimum atomic E-state index is -3.66. The van der Waals surface area contributed by atoms with Gasteiger partial charge in [0, 0.05) is 27.8 Å². The minimum absolute atomic E-state index is 0.00182. The number of nitrogens with one attached hydrogen (secondary N) is 1. The predicted molar refractivity (Wildman–Crippen MR) is 129 cm³/mol. The maximum absolute atomic E-state index is 13.7. The van der Waals surface area contributed by atoms with E-state index < -0.39 is 21.6 Å². The fraction of sp³-hybridized carbons (Fsp3) is 0.273. The van der Waals surface area contributed by atoms with Crippen molar-refractivity contribution in [3.63, 3.8) is 0 Å². The molecule has 0 radical (unpaired) electrons. The molecule has 0 bridgehead atoms. The maximum Gasteiger partial charge on any atom is 0.274 e. The Labute approximate surface area is 199 Å². The van der Waals surface area contributed by atoms with Crippen LogP contribution in [-0.4, -0.2) is 57.0 Å². The second-order valence-electron chi connectivity index (χ2n) is 7.48. The predicted octanol–water partition coefficient (Wildman–Crippen LogP) is 3.39. The van der Waals surface area contributed by atoms with Crippen LogP contribution >= 0.6 is 22.6 Å². The Kier molecular flexibility index (Phi) is 6.63. The molecule has 2 aliphatic rings. The number of rotatable bonds is 4. The van der Waals surface area contributed by atoms with Gasteiger partial charge >= 0.3 is 0 Å². The van der Waals surface area contributed by atoms with E-state index in [4.69, 9.17) is 4.74 Å². The highest BCUT2D eigenvalue weighted by Crippen LogP contribution is 2.38. The maximum atomic E-state index is 13.7. The van der Waals surface area contributed by atoms with E-state index in [1.54, 1.807) is 42.2 Å². The molecule has 2 aromatic rings. The summed E-state index contributed by atoms with van der Waals surface area (Å²) >= 11 is 2.06. The lowest BCUT2D eigenvalue weighted by atomic mass is 10.1. The second kappa shape index (κ2) is 9.28. The summed E-state index contributed by atoms with van der Waals surface area (Å²) in [6.07, 6.45) is 0. The number of aryl methyl sites for hydroxylation is 1. The van der Waals surface area contributed by atoms with Crippen LogP contribution in [0.25, 0.3) is 3.58 Å². The summed E-state index contributed by atoms with van der Waals surface area (Å²) in [5.74, 6) is -1.19. The van der Waals surface area contributed by atoms with Crippen LogP contribution in [0.1, 0.15) is 11.1 Å². The number of fused-ring (bicyclic) bond motifs is 1. The standard InChI is InChI=1S/C22H21FIN3O4S/c1-14-6-7-15(23)12-18(14)25-26-21(22(28)27-8-10-31-11-9-27)17-13-32(29,30)19-5-3-2-4-16(19)20(17)24/h2-7,12,25H,8-11,13H2,1H3/b26-21+. The summed E-state index contributed by atoms with van der Waals surface area (Å²) in [5, 5.41) is 4.32. The summed E-state index contributed by atoms with van der Waals surface area (Å²) < 4.78 is 45.7. The first kappa shape index (κ1) is 22.9. The zero-order valence-electron chi connectivity index (χ0n) is 17.3. The average Bonchev–Trinajstić information content (AvgIpc) is 2.79. The van der Waals surface area contributed by atoms with Crippen molar-refractivity contribution < 1.29 is 22.3 Å². The fourth-order valence-electron chi connectivity index (χ4n) is 3.58. The topological polar surface area (TPSA) is 88.1 Å². The van der Waals surface area contributed by atoms with Gasteiger partial charge in [0.15, 0.2) is 15.5 Å². The number of morpholine rings is 1. The number of hydrogen-bond donors (Lipinski definition) is 1. The third-order valence-electron chi connectivity index (χ3n) is 5.33. The van der Waals surface area contributed by atoms with E-state index in [1.807, 2.05) is 0 Å². The van der Waals surface area contributed by atoms with Crippen LogP contribution in [0.5, 0.6) is 0 Å². The number of anilines is 1. The molecule has 10 heteroatoms. The van der Waals surface area contributed by atoms with Gasteiger partial charge in [0.1, 0.15) is 5.82 Å². The van der Waals surface area contributed by atoms with Crippen molar-refractivity contribution in [1.82, 2.24) is 4.90 Å². The summed E-state index contributed by atoms with van der Waals surface area (Å²) in [7, 11) is -3.66. The number of carbonyl (C=O) groups excluding carboxylic acids is 1. The van der Waals surface area contributed by atoms with Crippen molar-refractivity contribution >= 4 is 53.3 Å². The van der Waals surface area contributed by atoms with E-state index in [0.29, 0.717) is 46.7 Å². The summed E-state index contributed by atoms with van der Waals surface area (Å²) in [6, 6.07) is 10.9. The van der Waals surface area contributed by atoms with Gasteiger partial charge in [0.2, 0.25) is 0 Å². The number of hydrazone groups is 1. The Balaban J connectivity index is 1.82. The third kappa shape index (κ3) is 4.57. The van der Waals surface area contributed by atoms with Gasteiger partial charge < -0.3 is 9.64 Å². The van der Waals surface area contributed by atoms with E-state index in [9.17, 15) is 17.6 Å². The van der Waals surface area contributed by atoms with Crippen LogP contribution in [-0.2, 0) is 19.4 Å². The van der Waals surface area contributed by atoms with E-state index in [2.05, 4.69) is 33.1 Å². The molecule has 0 unspecified atom stereocenters. The van der Waals surface area contributed by atoms with Crippen molar-refractivity contribution in [3.8, 4) is 0 Å². The van der Waals surface area contributed by atoms with Gasteiger partial charge in [-0.15, -0.1) is 0 Å². The number of ether oxygens (including phenoxy) is 1. The first-order valence-corrected chi connectivity index (χ1v) is 12.7. The van der Waals surface area contributed by atoms with Crippen molar-refractivity contribution in [2.45, 2.75) is 11.8 Å². The lowest BCUT2D eigenvalue weighted by molar-refractivity contribution is -0.127. The van der Waals surface area contributed by atoms with Crippen LogP contribution in [0.2, 0.25) is 0 Å². The van der Waals surface area contributed by atoms with E-state index in [-0.39, 0.29) is 16.4 Å². The summed E-state index contributed by atoms with van der Waals surface area (Å²) in [5.41, 5.74) is 4.77. The van der Waals surface area contributed by atoms with E-state index >= 15 is 0 Å². The molecule has 0 spiro atoms. The SMILES string of the molecule is Cc1ccc(F)cc1N/N=C(/C(=O)N1CCOCC1)C1=C(I)c2ccccc2S(=O)(=O)C1.